The van der Waals surface area contributed by atoms with Crippen molar-refractivity contribution in [3.8, 4) is 0 Å². The van der Waals surface area contributed by atoms with Gasteiger partial charge in [-0.05, 0) is 31.6 Å². The molecule has 0 unspecified atom stereocenters. The van der Waals surface area contributed by atoms with E-state index in [0.717, 1.165) is 25.7 Å². The normalized spacial score (nSPS) is 20.3. The largest absolute Gasteiger partial charge is 0.450 e. The highest BCUT2D eigenvalue weighted by atomic mass is 16.5. The lowest BCUT2D eigenvalue weighted by Crippen LogP contribution is -2.52. The minimum atomic E-state index is -0.625. The second kappa shape index (κ2) is 11.6. The summed E-state index contributed by atoms with van der Waals surface area (Å²) >= 11 is 0. The van der Waals surface area contributed by atoms with Crippen molar-refractivity contribution in [1.82, 2.24) is 20.4 Å². The second-order valence-electron chi connectivity index (χ2n) is 9.27. The van der Waals surface area contributed by atoms with E-state index in [2.05, 4.69) is 15.5 Å². The first-order valence-electron chi connectivity index (χ1n) is 12.3. The standard InChI is InChI=1S/C23H34N4O6/c28-19(20-25-21(33-26-20)17-8-9-17)7-4-12-32-23(30)24-18(15-16-5-2-1-3-6-16)22(29)27-10-13-31-14-11-27/h16-18H,1-15H2,(H,24,30)/t18-/m0/s1. The molecule has 10 heteroatoms. The highest BCUT2D eigenvalue weighted by Gasteiger charge is 2.31. The van der Waals surface area contributed by atoms with E-state index in [0.29, 0.717) is 56.9 Å². The van der Waals surface area contributed by atoms with Crippen LogP contribution in [0.5, 0.6) is 0 Å². The molecule has 1 aromatic heterocycles. The number of hydrogen-bond acceptors (Lipinski definition) is 8. The smallest absolute Gasteiger partial charge is 0.407 e. The first-order chi connectivity index (χ1) is 16.1. The quantitative estimate of drug-likeness (QED) is 0.416. The minimum Gasteiger partial charge on any atom is -0.450 e. The lowest BCUT2D eigenvalue weighted by Gasteiger charge is -2.32. The van der Waals surface area contributed by atoms with Gasteiger partial charge in [-0.3, -0.25) is 9.59 Å². The Labute approximate surface area is 193 Å². The van der Waals surface area contributed by atoms with Gasteiger partial charge in [0, 0.05) is 25.4 Å². The Morgan fingerprint density at radius 2 is 1.85 bits per heavy atom. The molecule has 0 radical (unpaired) electrons. The Bertz CT molecular complexity index is 812. The van der Waals surface area contributed by atoms with Gasteiger partial charge in [-0.25, -0.2) is 4.79 Å². The number of ether oxygens (including phenoxy) is 2. The third kappa shape index (κ3) is 6.99. The summed E-state index contributed by atoms with van der Waals surface area (Å²) in [7, 11) is 0. The van der Waals surface area contributed by atoms with Crippen LogP contribution in [0.2, 0.25) is 0 Å². The summed E-state index contributed by atoms with van der Waals surface area (Å²) in [5.41, 5.74) is 0. The lowest BCUT2D eigenvalue weighted by atomic mass is 9.84. The molecule has 0 aromatic carbocycles. The van der Waals surface area contributed by atoms with Gasteiger partial charge in [-0.15, -0.1) is 0 Å². The van der Waals surface area contributed by atoms with Gasteiger partial charge >= 0.3 is 6.09 Å². The molecule has 1 saturated heterocycles. The van der Waals surface area contributed by atoms with Crippen molar-refractivity contribution in [2.45, 2.75) is 76.2 Å². The zero-order valence-electron chi connectivity index (χ0n) is 19.1. The molecule has 1 aromatic rings. The van der Waals surface area contributed by atoms with Crippen LogP contribution >= 0.6 is 0 Å². The molecule has 1 N–H and O–H groups in total. The van der Waals surface area contributed by atoms with E-state index in [1.807, 2.05) is 0 Å². The molecule has 2 heterocycles. The van der Waals surface area contributed by atoms with Crippen LogP contribution in [0.15, 0.2) is 4.52 Å². The predicted octanol–water partition coefficient (Wildman–Crippen LogP) is 2.83. The summed E-state index contributed by atoms with van der Waals surface area (Å²) in [6.07, 6.45) is 8.31. The van der Waals surface area contributed by atoms with Gasteiger partial charge in [0.15, 0.2) is 0 Å². The predicted molar refractivity (Wildman–Crippen MR) is 117 cm³/mol. The van der Waals surface area contributed by atoms with E-state index in [-0.39, 0.29) is 30.5 Å². The van der Waals surface area contributed by atoms with Gasteiger partial charge in [-0.2, -0.15) is 4.98 Å². The Hall–Kier alpha value is -2.49. The summed E-state index contributed by atoms with van der Waals surface area (Å²) in [6.45, 7) is 2.19. The van der Waals surface area contributed by atoms with Gasteiger partial charge < -0.3 is 24.2 Å². The maximum Gasteiger partial charge on any atom is 0.407 e. The van der Waals surface area contributed by atoms with Gasteiger partial charge in [0.2, 0.25) is 23.4 Å². The number of ketones is 1. The van der Waals surface area contributed by atoms with Crippen LogP contribution in [0.1, 0.15) is 86.6 Å². The Morgan fingerprint density at radius 3 is 2.58 bits per heavy atom. The first-order valence-corrected chi connectivity index (χ1v) is 12.3. The van der Waals surface area contributed by atoms with Crippen molar-refractivity contribution in [2.24, 2.45) is 5.92 Å². The first kappa shape index (κ1) is 23.7. The number of hydrogen-bond donors (Lipinski definition) is 1. The summed E-state index contributed by atoms with van der Waals surface area (Å²) in [6, 6.07) is -0.597. The van der Waals surface area contributed by atoms with Crippen molar-refractivity contribution >= 4 is 17.8 Å². The summed E-state index contributed by atoms with van der Waals surface area (Å²) in [5.74, 6) is 1.05. The minimum absolute atomic E-state index is 0.0698. The zero-order chi connectivity index (χ0) is 23.0. The molecule has 2 aliphatic carbocycles. The van der Waals surface area contributed by atoms with Crippen molar-refractivity contribution in [1.29, 1.82) is 0 Å². The van der Waals surface area contributed by atoms with E-state index >= 15 is 0 Å². The van der Waals surface area contributed by atoms with Crippen molar-refractivity contribution in [3.63, 3.8) is 0 Å². The summed E-state index contributed by atoms with van der Waals surface area (Å²) in [5, 5.41) is 6.53. The molecule has 0 bridgehead atoms. The highest BCUT2D eigenvalue weighted by molar-refractivity contribution is 5.92. The van der Waals surface area contributed by atoms with E-state index in [9.17, 15) is 14.4 Å². The SMILES string of the molecule is O=C(N[C@@H](CC1CCCCC1)C(=O)N1CCOCC1)OCCCC(=O)c1noc(C2CC2)n1. The molecule has 2 saturated carbocycles. The third-order valence-corrected chi connectivity index (χ3v) is 6.61. The fourth-order valence-electron chi connectivity index (χ4n) is 4.52. The Balaban J connectivity index is 1.22. The van der Waals surface area contributed by atoms with Gasteiger partial charge in [0.1, 0.15) is 6.04 Å². The average Bonchev–Trinajstić information content (AvgIpc) is 3.58. The molecule has 4 rings (SSSR count). The Kier molecular flexibility index (Phi) is 8.30. The van der Waals surface area contributed by atoms with Gasteiger partial charge in [-0.1, -0.05) is 37.3 Å². The number of rotatable bonds is 10. The molecule has 2 amide bonds. The lowest BCUT2D eigenvalue weighted by molar-refractivity contribution is -0.138. The molecule has 10 nitrogen and oxygen atoms in total. The van der Waals surface area contributed by atoms with Crippen LogP contribution in [-0.4, -0.2) is 71.8 Å². The van der Waals surface area contributed by atoms with Crippen LogP contribution in [0.25, 0.3) is 0 Å². The molecule has 1 atom stereocenters. The van der Waals surface area contributed by atoms with Crippen LogP contribution in [0, 0.1) is 5.92 Å². The number of aromatic nitrogens is 2. The molecule has 1 aliphatic heterocycles. The fourth-order valence-corrected chi connectivity index (χ4v) is 4.52. The van der Waals surface area contributed by atoms with Crippen molar-refractivity contribution < 1.29 is 28.4 Å². The number of alkyl carbamates (subject to hydrolysis) is 1. The molecule has 0 spiro atoms. The topological polar surface area (TPSA) is 124 Å². The van der Waals surface area contributed by atoms with Gasteiger partial charge in [0.25, 0.3) is 0 Å². The molecule has 33 heavy (non-hydrogen) atoms. The molecule has 3 fully saturated rings. The number of amides is 2. The second-order valence-corrected chi connectivity index (χ2v) is 9.27. The van der Waals surface area contributed by atoms with Crippen molar-refractivity contribution in [3.05, 3.63) is 11.7 Å². The summed E-state index contributed by atoms with van der Waals surface area (Å²) < 4.78 is 15.7. The van der Waals surface area contributed by atoms with Gasteiger partial charge in [0.05, 0.1) is 19.8 Å². The van der Waals surface area contributed by atoms with E-state index in [4.69, 9.17) is 14.0 Å². The highest BCUT2D eigenvalue weighted by Crippen LogP contribution is 2.38. The van der Waals surface area contributed by atoms with Crippen LogP contribution < -0.4 is 5.32 Å². The van der Waals surface area contributed by atoms with Crippen LogP contribution in [0.3, 0.4) is 0 Å². The van der Waals surface area contributed by atoms with Crippen LogP contribution in [0.4, 0.5) is 4.79 Å². The number of carbonyl (C=O) groups excluding carboxylic acids is 3. The molecular weight excluding hydrogens is 428 g/mol. The maximum absolute atomic E-state index is 13.1. The average molecular weight is 463 g/mol. The summed E-state index contributed by atoms with van der Waals surface area (Å²) in [4.78, 5) is 43.6. The number of carbonyl (C=O) groups is 3. The van der Waals surface area contributed by atoms with E-state index in [1.165, 1.54) is 19.3 Å². The molecule has 3 aliphatic rings. The van der Waals surface area contributed by atoms with E-state index < -0.39 is 12.1 Å². The van der Waals surface area contributed by atoms with E-state index in [1.54, 1.807) is 4.90 Å². The maximum atomic E-state index is 13.1. The fraction of sp³-hybridized carbons (Fsp3) is 0.783. The Morgan fingerprint density at radius 1 is 1.09 bits per heavy atom. The third-order valence-electron chi connectivity index (χ3n) is 6.61. The zero-order valence-corrected chi connectivity index (χ0v) is 19.1. The molecular formula is C23H34N4O6. The molecule has 182 valence electrons. The number of nitrogens with one attached hydrogen (secondary N) is 1. The van der Waals surface area contributed by atoms with Crippen molar-refractivity contribution in [2.75, 3.05) is 32.9 Å². The number of nitrogens with zero attached hydrogens (tertiary/aromatic N) is 3. The van der Waals surface area contributed by atoms with Crippen LogP contribution in [-0.2, 0) is 14.3 Å². The number of Topliss-reactive ketones (excluding diaryl/α,β-unsaturated/α-hetero) is 1. The number of morpholine rings is 1. The monoisotopic (exact) mass is 462 g/mol.